The average molecular weight is 341 g/mol. The zero-order chi connectivity index (χ0) is 18.6. The van der Waals surface area contributed by atoms with E-state index in [1.165, 1.54) is 24.3 Å². The van der Waals surface area contributed by atoms with Crippen LogP contribution < -0.4 is 10.6 Å². The molecule has 130 valence electrons. The van der Waals surface area contributed by atoms with Gasteiger partial charge in [-0.15, -0.1) is 0 Å². The number of anilines is 1. The van der Waals surface area contributed by atoms with Crippen molar-refractivity contribution in [1.82, 2.24) is 5.32 Å². The molecule has 0 unspecified atom stereocenters. The molecule has 0 spiro atoms. The van der Waals surface area contributed by atoms with Gasteiger partial charge in [0.2, 0.25) is 5.91 Å². The number of nitrogens with zero attached hydrogens (tertiary/aromatic N) is 1. The Morgan fingerprint density at radius 3 is 2.52 bits per heavy atom. The van der Waals surface area contributed by atoms with Crippen LogP contribution in [0.15, 0.2) is 42.5 Å². The number of carbonyl (C=O) groups excluding carboxylic acids is 2. The van der Waals surface area contributed by atoms with E-state index in [9.17, 15) is 19.7 Å². The van der Waals surface area contributed by atoms with Gasteiger partial charge in [-0.3, -0.25) is 19.7 Å². The number of hydrogen-bond donors (Lipinski definition) is 2. The lowest BCUT2D eigenvalue weighted by molar-refractivity contribution is -0.384. The van der Waals surface area contributed by atoms with Crippen LogP contribution in [0.3, 0.4) is 0 Å². The second kappa shape index (κ2) is 7.57. The van der Waals surface area contributed by atoms with E-state index in [0.29, 0.717) is 5.69 Å². The summed E-state index contributed by atoms with van der Waals surface area (Å²) in [6.07, 6.45) is 0. The van der Waals surface area contributed by atoms with E-state index in [1.54, 1.807) is 6.92 Å². The van der Waals surface area contributed by atoms with Gasteiger partial charge in [-0.25, -0.2) is 0 Å². The van der Waals surface area contributed by atoms with Crippen molar-refractivity contribution in [2.75, 3.05) is 5.32 Å². The molecule has 2 rings (SSSR count). The van der Waals surface area contributed by atoms with Gasteiger partial charge in [0, 0.05) is 23.4 Å². The van der Waals surface area contributed by atoms with Crippen molar-refractivity contribution in [1.29, 1.82) is 0 Å². The van der Waals surface area contributed by atoms with Crippen LogP contribution in [-0.2, 0) is 4.79 Å². The predicted octanol–water partition coefficient (Wildman–Crippen LogP) is 2.97. The maximum atomic E-state index is 12.3. The van der Waals surface area contributed by atoms with Gasteiger partial charge >= 0.3 is 0 Å². The minimum Gasteiger partial charge on any atom is -0.341 e. The van der Waals surface area contributed by atoms with Gasteiger partial charge < -0.3 is 10.6 Å². The van der Waals surface area contributed by atoms with Crippen LogP contribution in [-0.4, -0.2) is 22.8 Å². The van der Waals surface area contributed by atoms with E-state index in [4.69, 9.17) is 0 Å². The molecule has 7 nitrogen and oxygen atoms in total. The average Bonchev–Trinajstić information content (AvgIpc) is 2.58. The Balaban J connectivity index is 2.05. The van der Waals surface area contributed by atoms with Crippen molar-refractivity contribution >= 4 is 23.2 Å². The number of benzene rings is 2. The summed E-state index contributed by atoms with van der Waals surface area (Å²) in [4.78, 5) is 34.7. The highest BCUT2D eigenvalue weighted by Gasteiger charge is 2.18. The van der Waals surface area contributed by atoms with E-state index in [-0.39, 0.29) is 17.2 Å². The predicted molar refractivity (Wildman–Crippen MR) is 94.6 cm³/mol. The van der Waals surface area contributed by atoms with Gasteiger partial charge in [-0.1, -0.05) is 18.2 Å². The molecule has 0 radical (unpaired) electrons. The molecule has 0 aliphatic rings. The monoisotopic (exact) mass is 341 g/mol. The van der Waals surface area contributed by atoms with Crippen molar-refractivity contribution in [3.8, 4) is 0 Å². The molecule has 0 aliphatic heterocycles. The fourth-order valence-corrected chi connectivity index (χ4v) is 2.22. The van der Waals surface area contributed by atoms with E-state index in [2.05, 4.69) is 10.6 Å². The molecule has 0 saturated heterocycles. The second-order valence-corrected chi connectivity index (χ2v) is 5.81. The highest BCUT2D eigenvalue weighted by molar-refractivity contribution is 6.01. The van der Waals surface area contributed by atoms with E-state index in [0.717, 1.165) is 11.1 Å². The van der Waals surface area contributed by atoms with Gasteiger partial charge in [-0.05, 0) is 44.0 Å². The van der Waals surface area contributed by atoms with Crippen LogP contribution in [0.1, 0.15) is 28.4 Å². The van der Waals surface area contributed by atoms with Gasteiger partial charge in [0.15, 0.2) is 0 Å². The third-order valence-electron chi connectivity index (χ3n) is 3.71. The number of nitro groups is 1. The molecule has 0 saturated carbocycles. The molecule has 0 aliphatic carbocycles. The van der Waals surface area contributed by atoms with Gasteiger partial charge in [0.1, 0.15) is 6.04 Å². The van der Waals surface area contributed by atoms with Crippen LogP contribution in [0.5, 0.6) is 0 Å². The highest BCUT2D eigenvalue weighted by Crippen LogP contribution is 2.17. The quantitative estimate of drug-likeness (QED) is 0.645. The topological polar surface area (TPSA) is 101 Å². The maximum absolute atomic E-state index is 12.3. The second-order valence-electron chi connectivity index (χ2n) is 5.81. The molecule has 0 bridgehead atoms. The first-order valence-corrected chi connectivity index (χ1v) is 7.71. The van der Waals surface area contributed by atoms with Crippen molar-refractivity contribution in [3.63, 3.8) is 0 Å². The molecule has 2 N–H and O–H groups in total. The maximum Gasteiger partial charge on any atom is 0.270 e. The Morgan fingerprint density at radius 2 is 1.84 bits per heavy atom. The zero-order valence-corrected chi connectivity index (χ0v) is 14.2. The molecule has 2 aromatic carbocycles. The lowest BCUT2D eigenvalue weighted by atomic mass is 10.1. The third kappa shape index (κ3) is 4.63. The zero-order valence-electron chi connectivity index (χ0n) is 14.2. The fraction of sp³-hybridized carbons (Fsp3) is 0.222. The van der Waals surface area contributed by atoms with E-state index >= 15 is 0 Å². The molecule has 2 amide bonds. The van der Waals surface area contributed by atoms with E-state index in [1.807, 2.05) is 32.0 Å². The Hall–Kier alpha value is -3.22. The standard InChI is InChI=1S/C18H19N3O4/c1-11-7-8-12(2)16(9-11)20-17(22)13(3)19-18(23)14-5-4-6-15(10-14)21(24)25/h4-10,13H,1-3H3,(H,19,23)(H,20,22)/t13-/m0/s1. The number of hydrogen-bond acceptors (Lipinski definition) is 4. The van der Waals surface area contributed by atoms with Crippen LogP contribution in [0.2, 0.25) is 0 Å². The first-order valence-electron chi connectivity index (χ1n) is 7.71. The van der Waals surface area contributed by atoms with Crippen LogP contribution in [0.4, 0.5) is 11.4 Å². The number of aryl methyl sites for hydroxylation is 2. The Kier molecular flexibility index (Phi) is 5.49. The summed E-state index contributed by atoms with van der Waals surface area (Å²) in [6, 6.07) is 10.2. The third-order valence-corrected chi connectivity index (χ3v) is 3.71. The Bertz CT molecular complexity index is 833. The molecular weight excluding hydrogens is 322 g/mol. The fourth-order valence-electron chi connectivity index (χ4n) is 2.22. The van der Waals surface area contributed by atoms with Gasteiger partial charge in [0.25, 0.3) is 11.6 Å². The summed E-state index contributed by atoms with van der Waals surface area (Å²) >= 11 is 0. The molecule has 0 fully saturated rings. The number of rotatable bonds is 5. The minimum absolute atomic E-state index is 0.126. The molecule has 25 heavy (non-hydrogen) atoms. The normalized spacial score (nSPS) is 11.5. The van der Waals surface area contributed by atoms with Gasteiger partial charge in [-0.2, -0.15) is 0 Å². The van der Waals surface area contributed by atoms with E-state index < -0.39 is 16.9 Å². The number of non-ortho nitro benzene ring substituents is 1. The first-order chi connectivity index (χ1) is 11.8. The summed E-state index contributed by atoms with van der Waals surface area (Å²) in [7, 11) is 0. The minimum atomic E-state index is -0.799. The summed E-state index contributed by atoms with van der Waals surface area (Å²) in [5.41, 5.74) is 2.55. The number of carbonyl (C=O) groups is 2. The summed E-state index contributed by atoms with van der Waals surface area (Å²) < 4.78 is 0. The lowest BCUT2D eigenvalue weighted by Crippen LogP contribution is -2.41. The first kappa shape index (κ1) is 18.1. The van der Waals surface area contributed by atoms with Crippen molar-refractivity contribution in [3.05, 3.63) is 69.3 Å². The number of nitro benzene ring substituents is 1. The van der Waals surface area contributed by atoms with Crippen molar-refractivity contribution < 1.29 is 14.5 Å². The number of nitrogens with one attached hydrogen (secondary N) is 2. The largest absolute Gasteiger partial charge is 0.341 e. The molecule has 1 atom stereocenters. The highest BCUT2D eigenvalue weighted by atomic mass is 16.6. The van der Waals surface area contributed by atoms with Crippen LogP contribution in [0, 0.1) is 24.0 Å². The summed E-state index contributed by atoms with van der Waals surface area (Å²) in [6.45, 7) is 5.35. The van der Waals surface area contributed by atoms with Crippen LogP contribution in [0.25, 0.3) is 0 Å². The molecule has 0 aromatic heterocycles. The summed E-state index contributed by atoms with van der Waals surface area (Å²) in [5.74, 6) is -0.917. The smallest absolute Gasteiger partial charge is 0.270 e. The molecule has 7 heteroatoms. The molecular formula is C18H19N3O4. The van der Waals surface area contributed by atoms with Crippen LogP contribution >= 0.6 is 0 Å². The summed E-state index contributed by atoms with van der Waals surface area (Å²) in [5, 5.41) is 16.1. The lowest BCUT2D eigenvalue weighted by Gasteiger charge is -2.15. The van der Waals surface area contributed by atoms with Crippen molar-refractivity contribution in [2.45, 2.75) is 26.8 Å². The Labute approximate surface area is 145 Å². The molecule has 2 aromatic rings. The SMILES string of the molecule is Cc1ccc(C)c(NC(=O)[C@H](C)NC(=O)c2cccc([N+](=O)[O-])c2)c1. The number of amides is 2. The molecule has 0 heterocycles. The van der Waals surface area contributed by atoms with Gasteiger partial charge in [0.05, 0.1) is 4.92 Å². The Morgan fingerprint density at radius 1 is 1.12 bits per heavy atom. The van der Waals surface area contributed by atoms with Crippen molar-refractivity contribution in [2.24, 2.45) is 0 Å².